The Kier molecular flexibility index (Phi) is 3.49. The zero-order valence-corrected chi connectivity index (χ0v) is 11.7. The van der Waals surface area contributed by atoms with Crippen LogP contribution in [-0.4, -0.2) is 14.8 Å². The third-order valence-corrected chi connectivity index (χ3v) is 3.34. The lowest BCUT2D eigenvalue weighted by molar-refractivity contribution is 0.619. The van der Waals surface area contributed by atoms with Crippen molar-refractivity contribution in [1.82, 2.24) is 14.8 Å². The van der Waals surface area contributed by atoms with Crippen molar-refractivity contribution in [2.45, 2.75) is 20.3 Å². The Morgan fingerprint density at radius 1 is 1.41 bits per heavy atom. The van der Waals surface area contributed by atoms with Crippen molar-refractivity contribution >= 4 is 27.5 Å². The molecule has 0 aliphatic carbocycles. The number of rotatable bonds is 2. The zero-order chi connectivity index (χ0) is 12.6. The number of hydrogen-bond acceptors (Lipinski definition) is 2. The summed E-state index contributed by atoms with van der Waals surface area (Å²) in [5, 5.41) is 8.08. The van der Waals surface area contributed by atoms with Crippen molar-refractivity contribution in [1.29, 1.82) is 0 Å². The van der Waals surface area contributed by atoms with Gasteiger partial charge in [0.15, 0.2) is 0 Å². The first kappa shape index (κ1) is 12.5. The molecule has 1 aromatic heterocycles. The average Bonchev–Trinajstić information content (AvgIpc) is 2.65. The second-order valence-corrected chi connectivity index (χ2v) is 4.82. The molecule has 0 amide bonds. The minimum atomic E-state index is -0.298. The minimum absolute atomic E-state index is 0.281. The van der Waals surface area contributed by atoms with E-state index < -0.39 is 0 Å². The number of benzene rings is 1. The second-order valence-electron chi connectivity index (χ2n) is 3.63. The molecule has 0 bridgehead atoms. The van der Waals surface area contributed by atoms with E-state index >= 15 is 0 Å². The van der Waals surface area contributed by atoms with Crippen LogP contribution in [0.4, 0.5) is 4.39 Å². The quantitative estimate of drug-likeness (QED) is 0.845. The maximum atomic E-state index is 13.4. The molecule has 0 saturated carbocycles. The van der Waals surface area contributed by atoms with E-state index in [-0.39, 0.29) is 11.1 Å². The van der Waals surface area contributed by atoms with Gasteiger partial charge in [0.2, 0.25) is 5.28 Å². The highest BCUT2D eigenvalue weighted by Gasteiger charge is 2.14. The Hall–Kier alpha value is -0.940. The Morgan fingerprint density at radius 2 is 2.12 bits per heavy atom. The number of halogens is 3. The van der Waals surface area contributed by atoms with Gasteiger partial charge < -0.3 is 0 Å². The van der Waals surface area contributed by atoms with Crippen LogP contribution in [0.2, 0.25) is 5.28 Å². The van der Waals surface area contributed by atoms with Gasteiger partial charge >= 0.3 is 0 Å². The molecule has 17 heavy (non-hydrogen) atoms. The Bertz CT molecular complexity index is 568. The van der Waals surface area contributed by atoms with Gasteiger partial charge in [0, 0.05) is 6.42 Å². The highest BCUT2D eigenvalue weighted by Crippen LogP contribution is 2.26. The maximum absolute atomic E-state index is 13.4. The lowest BCUT2D eigenvalue weighted by Gasteiger charge is -2.11. The number of nitrogens with zero attached hydrogens (tertiary/aromatic N) is 3. The van der Waals surface area contributed by atoms with Crippen LogP contribution in [0.3, 0.4) is 0 Å². The predicted octanol–water partition coefficient (Wildman–Crippen LogP) is 3.69. The molecule has 3 nitrogen and oxygen atoms in total. The standard InChI is InChI=1S/C11H10BrClFN3/c1-3-10-15-16-11(13)17(10)9-5-7(12)8(14)4-6(9)2/h4-5H,3H2,1-2H3. The number of hydrogen-bond donors (Lipinski definition) is 0. The zero-order valence-electron chi connectivity index (χ0n) is 9.34. The summed E-state index contributed by atoms with van der Waals surface area (Å²) in [6.07, 6.45) is 0.703. The van der Waals surface area contributed by atoms with Crippen molar-refractivity contribution in [2.24, 2.45) is 0 Å². The first-order valence-electron chi connectivity index (χ1n) is 5.10. The lowest BCUT2D eigenvalue weighted by Crippen LogP contribution is -2.03. The van der Waals surface area contributed by atoms with E-state index in [0.29, 0.717) is 10.9 Å². The molecule has 0 atom stereocenters. The molecule has 0 spiro atoms. The van der Waals surface area contributed by atoms with E-state index in [1.165, 1.54) is 6.07 Å². The third-order valence-electron chi connectivity index (χ3n) is 2.49. The van der Waals surface area contributed by atoms with E-state index in [4.69, 9.17) is 11.6 Å². The van der Waals surface area contributed by atoms with Crippen molar-refractivity contribution in [3.63, 3.8) is 0 Å². The smallest absolute Gasteiger partial charge is 0.229 e. The van der Waals surface area contributed by atoms with Gasteiger partial charge in [-0.15, -0.1) is 10.2 Å². The van der Waals surface area contributed by atoms with Gasteiger partial charge in [0.1, 0.15) is 11.6 Å². The second kappa shape index (κ2) is 4.74. The number of aromatic nitrogens is 3. The molecule has 0 fully saturated rings. The van der Waals surface area contributed by atoms with Gasteiger partial charge in [-0.2, -0.15) is 0 Å². The molecular formula is C11H10BrClFN3. The average molecular weight is 319 g/mol. The molecule has 6 heteroatoms. The fourth-order valence-corrected chi connectivity index (χ4v) is 2.20. The Balaban J connectivity index is 2.68. The molecule has 0 aliphatic rings. The molecule has 0 saturated heterocycles. The normalized spacial score (nSPS) is 10.9. The van der Waals surface area contributed by atoms with E-state index in [9.17, 15) is 4.39 Å². The topological polar surface area (TPSA) is 30.7 Å². The molecule has 0 radical (unpaired) electrons. The molecule has 0 aliphatic heterocycles. The first-order valence-corrected chi connectivity index (χ1v) is 6.27. The van der Waals surface area contributed by atoms with Gasteiger partial charge in [-0.05, 0) is 52.2 Å². The molecule has 90 valence electrons. The van der Waals surface area contributed by atoms with Crippen LogP contribution < -0.4 is 0 Å². The highest BCUT2D eigenvalue weighted by atomic mass is 79.9. The Morgan fingerprint density at radius 3 is 2.76 bits per heavy atom. The van der Waals surface area contributed by atoms with Crippen LogP contribution in [0.1, 0.15) is 18.3 Å². The summed E-state index contributed by atoms with van der Waals surface area (Å²) in [6, 6.07) is 3.13. The maximum Gasteiger partial charge on any atom is 0.229 e. The summed E-state index contributed by atoms with van der Waals surface area (Å²) in [7, 11) is 0. The van der Waals surface area contributed by atoms with Crippen LogP contribution in [0.5, 0.6) is 0 Å². The fourth-order valence-electron chi connectivity index (χ4n) is 1.64. The van der Waals surface area contributed by atoms with Crippen LogP contribution in [0, 0.1) is 12.7 Å². The van der Waals surface area contributed by atoms with Gasteiger partial charge in [0.05, 0.1) is 10.2 Å². The predicted molar refractivity (Wildman–Crippen MR) is 68.1 cm³/mol. The van der Waals surface area contributed by atoms with Gasteiger partial charge in [-0.25, -0.2) is 4.39 Å². The number of aryl methyl sites for hydroxylation is 2. The van der Waals surface area contributed by atoms with Crippen molar-refractivity contribution in [3.8, 4) is 5.69 Å². The molecule has 1 heterocycles. The van der Waals surface area contributed by atoms with E-state index in [1.807, 2.05) is 13.8 Å². The van der Waals surface area contributed by atoms with E-state index in [0.717, 1.165) is 17.1 Å². The molecule has 0 unspecified atom stereocenters. The monoisotopic (exact) mass is 317 g/mol. The van der Waals surface area contributed by atoms with Gasteiger partial charge in [0.25, 0.3) is 0 Å². The lowest BCUT2D eigenvalue weighted by atomic mass is 10.2. The van der Waals surface area contributed by atoms with Crippen molar-refractivity contribution < 1.29 is 4.39 Å². The molecule has 2 rings (SSSR count). The summed E-state index contributed by atoms with van der Waals surface area (Å²) < 4.78 is 15.5. The SMILES string of the molecule is CCc1nnc(Cl)n1-c1cc(Br)c(F)cc1C. The van der Waals surface area contributed by atoms with Crippen molar-refractivity contribution in [2.75, 3.05) is 0 Å². The van der Waals surface area contributed by atoms with Crippen LogP contribution in [-0.2, 0) is 6.42 Å². The summed E-state index contributed by atoms with van der Waals surface area (Å²) >= 11 is 9.17. The Labute approximate surface area is 112 Å². The van der Waals surface area contributed by atoms with E-state index in [1.54, 1.807) is 10.6 Å². The first-order chi connectivity index (χ1) is 8.04. The fraction of sp³-hybridized carbons (Fsp3) is 0.273. The largest absolute Gasteiger partial charge is 0.269 e. The molecule has 1 aromatic carbocycles. The van der Waals surface area contributed by atoms with E-state index in [2.05, 4.69) is 26.1 Å². The summed E-state index contributed by atoms with van der Waals surface area (Å²) in [6.45, 7) is 3.78. The van der Waals surface area contributed by atoms with Gasteiger partial charge in [-0.1, -0.05) is 6.92 Å². The summed E-state index contributed by atoms with van der Waals surface area (Å²) in [4.78, 5) is 0. The highest BCUT2D eigenvalue weighted by molar-refractivity contribution is 9.10. The van der Waals surface area contributed by atoms with Crippen molar-refractivity contribution in [3.05, 3.63) is 39.1 Å². The molecular weight excluding hydrogens is 308 g/mol. The molecule has 0 N–H and O–H groups in total. The van der Waals surface area contributed by atoms with Crippen LogP contribution in [0.15, 0.2) is 16.6 Å². The minimum Gasteiger partial charge on any atom is -0.269 e. The van der Waals surface area contributed by atoms with Crippen LogP contribution in [0.25, 0.3) is 5.69 Å². The van der Waals surface area contributed by atoms with Crippen LogP contribution >= 0.6 is 27.5 Å². The summed E-state index contributed by atoms with van der Waals surface area (Å²) in [5.74, 6) is 0.449. The third kappa shape index (κ3) is 2.21. The summed E-state index contributed by atoms with van der Waals surface area (Å²) in [5.41, 5.74) is 1.56. The molecule has 2 aromatic rings. The van der Waals surface area contributed by atoms with Gasteiger partial charge in [-0.3, -0.25) is 4.57 Å².